The molecule has 1 aromatic rings. The molecule has 0 fully saturated rings. The number of hydrogen-bond acceptors (Lipinski definition) is 4. The van der Waals surface area contributed by atoms with Gasteiger partial charge in [0.2, 0.25) is 0 Å². The molecule has 0 bridgehead atoms. The van der Waals surface area contributed by atoms with Gasteiger partial charge in [-0.2, -0.15) is 0 Å². The summed E-state index contributed by atoms with van der Waals surface area (Å²) in [5, 5.41) is 6.82. The number of carbonyl (C=O) groups excluding carboxylic acids is 1. The quantitative estimate of drug-likeness (QED) is 0.792. The SMILES string of the molecule is CCC(CNCc1c(Cl)cccc1OC)NC(=O)OC(C)(C)C. The van der Waals surface area contributed by atoms with Crippen molar-refractivity contribution in [2.24, 2.45) is 0 Å². The Morgan fingerprint density at radius 3 is 2.61 bits per heavy atom. The Labute approximate surface area is 143 Å². The fourth-order valence-electron chi connectivity index (χ4n) is 2.04. The predicted molar refractivity (Wildman–Crippen MR) is 93.2 cm³/mol. The lowest BCUT2D eigenvalue weighted by Crippen LogP contribution is -2.43. The molecule has 0 saturated carbocycles. The molecule has 6 heteroatoms. The van der Waals surface area contributed by atoms with Crippen molar-refractivity contribution in [3.63, 3.8) is 0 Å². The van der Waals surface area contributed by atoms with Crippen LogP contribution in [0.15, 0.2) is 18.2 Å². The maximum absolute atomic E-state index is 11.8. The number of methoxy groups -OCH3 is 1. The molecule has 2 N–H and O–H groups in total. The van der Waals surface area contributed by atoms with Gasteiger partial charge in [-0.3, -0.25) is 0 Å². The van der Waals surface area contributed by atoms with Gasteiger partial charge in [0.05, 0.1) is 7.11 Å². The van der Waals surface area contributed by atoms with Crippen LogP contribution >= 0.6 is 11.6 Å². The lowest BCUT2D eigenvalue weighted by atomic mass is 10.1. The molecule has 0 aliphatic carbocycles. The van der Waals surface area contributed by atoms with E-state index in [1.54, 1.807) is 7.11 Å². The maximum atomic E-state index is 11.8. The molecular formula is C17H27ClN2O3. The van der Waals surface area contributed by atoms with Crippen LogP contribution in [-0.2, 0) is 11.3 Å². The summed E-state index contributed by atoms with van der Waals surface area (Å²) in [5.74, 6) is 0.748. The van der Waals surface area contributed by atoms with Gasteiger partial charge < -0.3 is 20.1 Å². The third-order valence-corrected chi connectivity index (χ3v) is 3.56. The third-order valence-electron chi connectivity index (χ3n) is 3.20. The number of halogens is 1. The largest absolute Gasteiger partial charge is 0.496 e. The van der Waals surface area contributed by atoms with E-state index in [1.165, 1.54) is 0 Å². The van der Waals surface area contributed by atoms with Crippen molar-refractivity contribution >= 4 is 17.7 Å². The topological polar surface area (TPSA) is 59.6 Å². The van der Waals surface area contributed by atoms with Crippen LogP contribution in [0.3, 0.4) is 0 Å². The molecule has 0 spiro atoms. The van der Waals surface area contributed by atoms with E-state index in [-0.39, 0.29) is 6.04 Å². The van der Waals surface area contributed by atoms with Crippen LogP contribution in [-0.4, -0.2) is 31.4 Å². The number of rotatable bonds is 7. The van der Waals surface area contributed by atoms with Crippen LogP contribution in [0.25, 0.3) is 0 Å². The minimum atomic E-state index is -0.499. The van der Waals surface area contributed by atoms with E-state index in [2.05, 4.69) is 10.6 Å². The number of amides is 1. The standard InChI is InChI=1S/C17H27ClN2O3/c1-6-12(20-16(21)23-17(2,3)4)10-19-11-13-14(18)8-7-9-15(13)22-5/h7-9,12,19H,6,10-11H2,1-5H3,(H,20,21). The van der Waals surface area contributed by atoms with Crippen molar-refractivity contribution in [3.05, 3.63) is 28.8 Å². The molecule has 5 nitrogen and oxygen atoms in total. The summed E-state index contributed by atoms with van der Waals surface area (Å²) in [6.45, 7) is 8.72. The summed E-state index contributed by atoms with van der Waals surface area (Å²) in [6, 6.07) is 5.54. The Hall–Kier alpha value is -1.46. The molecule has 1 amide bonds. The molecule has 1 rings (SSSR count). The molecule has 1 atom stereocenters. The summed E-state index contributed by atoms with van der Waals surface area (Å²) >= 11 is 6.20. The summed E-state index contributed by atoms with van der Waals surface area (Å²) in [6.07, 6.45) is 0.396. The van der Waals surface area contributed by atoms with E-state index in [1.807, 2.05) is 45.9 Å². The Balaban J connectivity index is 2.51. The van der Waals surface area contributed by atoms with Gasteiger partial charge in [0.25, 0.3) is 0 Å². The molecular weight excluding hydrogens is 316 g/mol. The van der Waals surface area contributed by atoms with Gasteiger partial charge >= 0.3 is 6.09 Å². The van der Waals surface area contributed by atoms with E-state index in [4.69, 9.17) is 21.1 Å². The normalized spacial score (nSPS) is 12.6. The minimum Gasteiger partial charge on any atom is -0.496 e. The van der Waals surface area contributed by atoms with Crippen LogP contribution in [0, 0.1) is 0 Å². The Bertz CT molecular complexity index is 515. The average Bonchev–Trinajstić information content (AvgIpc) is 2.45. The van der Waals surface area contributed by atoms with E-state index >= 15 is 0 Å². The molecule has 130 valence electrons. The summed E-state index contributed by atoms with van der Waals surface area (Å²) in [5.41, 5.74) is 0.407. The zero-order chi connectivity index (χ0) is 17.5. The molecule has 1 aromatic carbocycles. The van der Waals surface area contributed by atoms with E-state index in [0.29, 0.717) is 18.1 Å². The van der Waals surface area contributed by atoms with Gasteiger partial charge in [-0.15, -0.1) is 0 Å². The summed E-state index contributed by atoms with van der Waals surface area (Å²) in [7, 11) is 1.62. The number of benzene rings is 1. The first-order valence-corrected chi connectivity index (χ1v) is 8.16. The van der Waals surface area contributed by atoms with E-state index in [0.717, 1.165) is 17.7 Å². The van der Waals surface area contributed by atoms with Gasteiger partial charge in [0.15, 0.2) is 0 Å². The van der Waals surface area contributed by atoms with Crippen molar-refractivity contribution in [3.8, 4) is 5.75 Å². The van der Waals surface area contributed by atoms with Crippen molar-refractivity contribution in [2.75, 3.05) is 13.7 Å². The fraction of sp³-hybridized carbons (Fsp3) is 0.588. The lowest BCUT2D eigenvalue weighted by Gasteiger charge is -2.23. The van der Waals surface area contributed by atoms with Crippen molar-refractivity contribution in [1.82, 2.24) is 10.6 Å². The molecule has 0 aromatic heterocycles. The third kappa shape index (κ3) is 7.10. The fourth-order valence-corrected chi connectivity index (χ4v) is 2.28. The monoisotopic (exact) mass is 342 g/mol. The lowest BCUT2D eigenvalue weighted by molar-refractivity contribution is 0.0502. The number of carbonyl (C=O) groups is 1. The average molecular weight is 343 g/mol. The Kier molecular flexibility index (Phi) is 7.65. The van der Waals surface area contributed by atoms with Gasteiger partial charge in [0.1, 0.15) is 11.4 Å². The minimum absolute atomic E-state index is 0.0154. The number of alkyl carbamates (subject to hydrolysis) is 1. The van der Waals surface area contributed by atoms with Crippen LogP contribution in [0.1, 0.15) is 39.7 Å². The molecule has 0 heterocycles. The van der Waals surface area contributed by atoms with Crippen LogP contribution in [0.4, 0.5) is 4.79 Å². The number of ether oxygens (including phenoxy) is 2. The van der Waals surface area contributed by atoms with E-state index < -0.39 is 11.7 Å². The first-order valence-electron chi connectivity index (χ1n) is 7.78. The summed E-state index contributed by atoms with van der Waals surface area (Å²) in [4.78, 5) is 11.8. The number of hydrogen-bond donors (Lipinski definition) is 2. The number of nitrogens with one attached hydrogen (secondary N) is 2. The molecule has 1 unspecified atom stereocenters. The zero-order valence-corrected chi connectivity index (χ0v) is 15.3. The highest BCUT2D eigenvalue weighted by molar-refractivity contribution is 6.31. The molecule has 0 radical (unpaired) electrons. The van der Waals surface area contributed by atoms with Crippen LogP contribution in [0.2, 0.25) is 5.02 Å². The molecule has 0 aliphatic heterocycles. The highest BCUT2D eigenvalue weighted by atomic mass is 35.5. The summed E-state index contributed by atoms with van der Waals surface area (Å²) < 4.78 is 10.6. The van der Waals surface area contributed by atoms with Gasteiger partial charge in [-0.25, -0.2) is 4.79 Å². The molecule has 0 saturated heterocycles. The Morgan fingerprint density at radius 2 is 2.04 bits per heavy atom. The second-order valence-corrected chi connectivity index (χ2v) is 6.71. The second-order valence-electron chi connectivity index (χ2n) is 6.30. The molecule has 0 aliphatic rings. The van der Waals surface area contributed by atoms with Crippen LogP contribution in [0.5, 0.6) is 5.75 Å². The zero-order valence-electron chi connectivity index (χ0n) is 14.5. The highest BCUT2D eigenvalue weighted by Crippen LogP contribution is 2.25. The van der Waals surface area contributed by atoms with Gasteiger partial charge in [-0.05, 0) is 39.3 Å². The van der Waals surface area contributed by atoms with Gasteiger partial charge in [0, 0.05) is 29.7 Å². The molecule has 23 heavy (non-hydrogen) atoms. The first-order chi connectivity index (χ1) is 10.8. The van der Waals surface area contributed by atoms with Crippen LogP contribution < -0.4 is 15.4 Å². The Morgan fingerprint density at radius 1 is 1.35 bits per heavy atom. The van der Waals surface area contributed by atoms with Crippen molar-refractivity contribution < 1.29 is 14.3 Å². The predicted octanol–water partition coefficient (Wildman–Crippen LogP) is 3.74. The highest BCUT2D eigenvalue weighted by Gasteiger charge is 2.18. The van der Waals surface area contributed by atoms with Crippen molar-refractivity contribution in [1.29, 1.82) is 0 Å². The smallest absolute Gasteiger partial charge is 0.407 e. The van der Waals surface area contributed by atoms with Crippen molar-refractivity contribution in [2.45, 2.75) is 52.3 Å². The first kappa shape index (κ1) is 19.6. The van der Waals surface area contributed by atoms with Gasteiger partial charge in [-0.1, -0.05) is 24.6 Å². The van der Waals surface area contributed by atoms with E-state index in [9.17, 15) is 4.79 Å². The maximum Gasteiger partial charge on any atom is 0.407 e. The second kappa shape index (κ2) is 8.99.